The van der Waals surface area contributed by atoms with Gasteiger partial charge in [-0.25, -0.2) is 18.7 Å². The molecule has 1 N–H and O–H groups in total. The number of hydrogen-bond acceptors (Lipinski definition) is 6. The maximum Gasteiger partial charge on any atom is 0.178 e. The molecule has 2 aromatic carbocycles. The Morgan fingerprint density at radius 1 is 1.08 bits per heavy atom. The third kappa shape index (κ3) is 4.66. The Bertz CT molecular complexity index is 1450. The highest BCUT2D eigenvalue weighted by atomic mass is 19.1. The molecule has 0 atom stereocenters. The molecule has 2 aromatic heterocycles. The van der Waals surface area contributed by atoms with Crippen LogP contribution in [0.3, 0.4) is 0 Å². The van der Waals surface area contributed by atoms with Crippen LogP contribution in [0.25, 0.3) is 22.2 Å². The molecule has 0 aliphatic carbocycles. The van der Waals surface area contributed by atoms with Gasteiger partial charge in [0.25, 0.3) is 0 Å². The van der Waals surface area contributed by atoms with Crippen molar-refractivity contribution in [2.45, 2.75) is 45.1 Å². The Morgan fingerprint density at radius 3 is 2.73 bits per heavy atom. The predicted octanol–water partition coefficient (Wildman–Crippen LogP) is 5.83. The lowest BCUT2D eigenvalue weighted by Gasteiger charge is -2.34. The molecular formula is C29H30F2N4O2. The second-order valence-corrected chi connectivity index (χ2v) is 10.1. The van der Waals surface area contributed by atoms with Gasteiger partial charge in [0.1, 0.15) is 29.5 Å². The van der Waals surface area contributed by atoms with Crippen LogP contribution in [0.5, 0.6) is 5.75 Å². The van der Waals surface area contributed by atoms with E-state index in [1.807, 2.05) is 26.0 Å². The lowest BCUT2D eigenvalue weighted by molar-refractivity contribution is 0.287. The summed E-state index contributed by atoms with van der Waals surface area (Å²) in [5.41, 5.74) is 2.92. The van der Waals surface area contributed by atoms with Crippen LogP contribution >= 0.6 is 0 Å². The van der Waals surface area contributed by atoms with Crippen LogP contribution in [0.1, 0.15) is 49.8 Å². The number of hydrogen-bond donors (Lipinski definition) is 1. The second kappa shape index (κ2) is 9.74. The molecule has 0 bridgehead atoms. The molecule has 8 heteroatoms. The number of benzene rings is 2. The van der Waals surface area contributed by atoms with Gasteiger partial charge < -0.3 is 19.4 Å². The number of furan rings is 1. The minimum Gasteiger partial charge on any atom is -0.486 e. The molecule has 0 radical (unpaired) electrons. The summed E-state index contributed by atoms with van der Waals surface area (Å²) in [5.74, 6) is 1.03. The molecular weight excluding hydrogens is 474 g/mol. The fourth-order valence-corrected chi connectivity index (χ4v) is 5.38. The molecule has 1 saturated heterocycles. The third-order valence-corrected chi connectivity index (χ3v) is 7.31. The van der Waals surface area contributed by atoms with Crippen LogP contribution in [0.2, 0.25) is 0 Å². The minimum absolute atomic E-state index is 0.0820. The molecule has 2 aliphatic rings. The Hall–Kier alpha value is -3.52. The van der Waals surface area contributed by atoms with E-state index < -0.39 is 11.6 Å². The number of ether oxygens (including phenoxy) is 1. The number of fused-ring (bicyclic) bond motifs is 2. The summed E-state index contributed by atoms with van der Waals surface area (Å²) in [6.07, 6.45) is 3.73. The molecule has 4 heterocycles. The molecule has 4 aromatic rings. The average Bonchev–Trinajstić information content (AvgIpc) is 3.33. The van der Waals surface area contributed by atoms with Gasteiger partial charge in [0.15, 0.2) is 17.4 Å². The van der Waals surface area contributed by atoms with Crippen molar-refractivity contribution in [2.24, 2.45) is 0 Å². The molecule has 2 aliphatic heterocycles. The van der Waals surface area contributed by atoms with Crippen molar-refractivity contribution in [1.82, 2.24) is 15.3 Å². The van der Waals surface area contributed by atoms with E-state index in [2.05, 4.69) is 32.3 Å². The maximum atomic E-state index is 15.0. The summed E-state index contributed by atoms with van der Waals surface area (Å²) in [5, 5.41) is 4.43. The zero-order valence-electron chi connectivity index (χ0n) is 21.1. The van der Waals surface area contributed by atoms with Crippen LogP contribution in [0.4, 0.5) is 14.5 Å². The van der Waals surface area contributed by atoms with E-state index >= 15 is 0 Å². The van der Waals surface area contributed by atoms with Crippen LogP contribution in [-0.2, 0) is 6.42 Å². The normalized spacial score (nSPS) is 16.3. The monoisotopic (exact) mass is 504 g/mol. The summed E-state index contributed by atoms with van der Waals surface area (Å²) in [6, 6.07) is 11.4. The summed E-state index contributed by atoms with van der Waals surface area (Å²) >= 11 is 0. The van der Waals surface area contributed by atoms with E-state index in [1.54, 1.807) is 6.07 Å². The van der Waals surface area contributed by atoms with Gasteiger partial charge >= 0.3 is 0 Å². The summed E-state index contributed by atoms with van der Waals surface area (Å²) in [4.78, 5) is 10.8. The number of nitrogens with one attached hydrogen (secondary N) is 1. The smallest absolute Gasteiger partial charge is 0.178 e. The second-order valence-electron chi connectivity index (χ2n) is 10.1. The van der Waals surface area contributed by atoms with Crippen molar-refractivity contribution in [3.63, 3.8) is 0 Å². The fraction of sp³-hybridized carbons (Fsp3) is 0.379. The van der Waals surface area contributed by atoms with E-state index in [9.17, 15) is 8.78 Å². The highest BCUT2D eigenvalue weighted by Gasteiger charge is 2.26. The Balaban J connectivity index is 1.30. The number of halogens is 2. The van der Waals surface area contributed by atoms with Crippen molar-refractivity contribution in [3.8, 4) is 17.0 Å². The van der Waals surface area contributed by atoms with Gasteiger partial charge in [-0.2, -0.15) is 0 Å². The minimum atomic E-state index is -0.590. The van der Waals surface area contributed by atoms with Crippen molar-refractivity contribution < 1.29 is 17.9 Å². The SMILES string of the molecule is CC(C)N1CCOc2c(F)cc(-c3nc(Cc4ccc5oc(C6CCNCC6)cc5c4)ncc3F)cc21. The Morgan fingerprint density at radius 2 is 1.92 bits per heavy atom. The van der Waals surface area contributed by atoms with E-state index in [0.29, 0.717) is 42.6 Å². The lowest BCUT2D eigenvalue weighted by atomic mass is 9.95. The Kier molecular flexibility index (Phi) is 6.28. The molecule has 0 amide bonds. The van der Waals surface area contributed by atoms with E-state index in [-0.39, 0.29) is 17.5 Å². The number of nitrogens with zero attached hydrogens (tertiary/aromatic N) is 3. The lowest BCUT2D eigenvalue weighted by Crippen LogP contribution is -2.38. The van der Waals surface area contributed by atoms with Gasteiger partial charge in [-0.3, -0.25) is 0 Å². The molecule has 0 spiro atoms. The van der Waals surface area contributed by atoms with Crippen LogP contribution in [0.15, 0.2) is 47.0 Å². The van der Waals surface area contributed by atoms with E-state index in [1.165, 1.54) is 6.07 Å². The Labute approximate surface area is 214 Å². The van der Waals surface area contributed by atoms with Gasteiger partial charge in [0.05, 0.1) is 18.4 Å². The van der Waals surface area contributed by atoms with Crippen LogP contribution in [0, 0.1) is 11.6 Å². The molecule has 1 fully saturated rings. The number of anilines is 1. The number of piperidine rings is 1. The van der Waals surface area contributed by atoms with Crippen molar-refractivity contribution in [2.75, 3.05) is 31.1 Å². The molecule has 0 unspecified atom stereocenters. The first-order chi connectivity index (χ1) is 18.0. The highest BCUT2D eigenvalue weighted by molar-refractivity contribution is 5.79. The van der Waals surface area contributed by atoms with Crippen LogP contribution in [-0.4, -0.2) is 42.3 Å². The standard InChI is InChI=1S/C29H30F2N4O2/c1-17(2)35-9-10-36-29-22(30)13-21(14-24(29)35)28-23(31)16-33-27(34-28)12-18-3-4-25-20(11-18)15-26(37-25)19-5-7-32-8-6-19/h3-4,11,13-17,19,32H,5-10,12H2,1-2H3. The first kappa shape index (κ1) is 23.9. The topological polar surface area (TPSA) is 63.4 Å². The molecule has 0 saturated carbocycles. The predicted molar refractivity (Wildman–Crippen MR) is 139 cm³/mol. The molecule has 37 heavy (non-hydrogen) atoms. The van der Waals surface area contributed by atoms with Crippen molar-refractivity contribution >= 4 is 16.7 Å². The molecule has 6 rings (SSSR count). The summed E-state index contributed by atoms with van der Waals surface area (Å²) < 4.78 is 41.6. The van der Waals surface area contributed by atoms with Gasteiger partial charge in [-0.1, -0.05) is 6.07 Å². The van der Waals surface area contributed by atoms with Gasteiger partial charge in [0.2, 0.25) is 0 Å². The largest absolute Gasteiger partial charge is 0.486 e. The van der Waals surface area contributed by atoms with Crippen molar-refractivity contribution in [1.29, 1.82) is 0 Å². The zero-order chi connectivity index (χ0) is 25.5. The summed E-state index contributed by atoms with van der Waals surface area (Å²) in [6.45, 7) is 7.14. The van der Waals surface area contributed by atoms with E-state index in [4.69, 9.17) is 9.15 Å². The molecule has 6 nitrogen and oxygen atoms in total. The first-order valence-corrected chi connectivity index (χ1v) is 12.9. The van der Waals surface area contributed by atoms with Gasteiger partial charge in [0, 0.05) is 29.3 Å². The van der Waals surface area contributed by atoms with Gasteiger partial charge in [-0.15, -0.1) is 0 Å². The number of rotatable bonds is 5. The average molecular weight is 505 g/mol. The third-order valence-electron chi connectivity index (χ3n) is 7.31. The van der Waals surface area contributed by atoms with Crippen molar-refractivity contribution in [3.05, 3.63) is 71.4 Å². The summed E-state index contributed by atoms with van der Waals surface area (Å²) in [7, 11) is 0. The number of aromatic nitrogens is 2. The fourth-order valence-electron chi connectivity index (χ4n) is 5.38. The quantitative estimate of drug-likeness (QED) is 0.369. The maximum absolute atomic E-state index is 15.0. The van der Waals surface area contributed by atoms with Gasteiger partial charge in [-0.05, 0) is 75.7 Å². The van der Waals surface area contributed by atoms with Crippen LogP contribution < -0.4 is 15.0 Å². The zero-order valence-corrected chi connectivity index (χ0v) is 21.1. The van der Waals surface area contributed by atoms with E-state index in [0.717, 1.165) is 54.4 Å². The molecule has 192 valence electrons. The first-order valence-electron chi connectivity index (χ1n) is 12.9. The highest BCUT2D eigenvalue weighted by Crippen LogP contribution is 2.39.